The Hall–Kier alpha value is -2.44. The minimum Gasteiger partial charge on any atom is -0.508 e. The van der Waals surface area contributed by atoms with Gasteiger partial charge in [-0.1, -0.05) is 6.07 Å². The number of aromatic hydroxyl groups is 3. The van der Waals surface area contributed by atoms with E-state index in [1.165, 1.54) is 31.4 Å². The average molecular weight is 318 g/mol. The van der Waals surface area contributed by atoms with Crippen molar-refractivity contribution < 1.29 is 29.9 Å². The monoisotopic (exact) mass is 318 g/mol. The van der Waals surface area contributed by atoms with Gasteiger partial charge in [-0.15, -0.1) is 0 Å². The highest BCUT2D eigenvalue weighted by atomic mass is 16.5. The SMILES string of the molecule is CO[C@H]1c2ccc(O)cc2OC[C@]1(O)Cc1ccc(O)c(O)c1. The zero-order valence-corrected chi connectivity index (χ0v) is 12.6. The molecule has 6 heteroatoms. The highest BCUT2D eigenvalue weighted by Gasteiger charge is 2.44. The molecule has 0 unspecified atom stereocenters. The lowest BCUT2D eigenvalue weighted by atomic mass is 9.83. The van der Waals surface area contributed by atoms with Crippen LogP contribution in [0.4, 0.5) is 0 Å². The molecule has 122 valence electrons. The fourth-order valence-electron chi connectivity index (χ4n) is 2.96. The molecule has 6 nitrogen and oxygen atoms in total. The molecular weight excluding hydrogens is 300 g/mol. The number of aliphatic hydroxyl groups is 1. The molecule has 0 fully saturated rings. The fourth-order valence-corrected chi connectivity index (χ4v) is 2.96. The highest BCUT2D eigenvalue weighted by molar-refractivity contribution is 5.45. The summed E-state index contributed by atoms with van der Waals surface area (Å²) in [7, 11) is 1.49. The van der Waals surface area contributed by atoms with Crippen LogP contribution in [-0.4, -0.2) is 39.7 Å². The van der Waals surface area contributed by atoms with Crippen LogP contribution in [0, 0.1) is 0 Å². The molecule has 0 radical (unpaired) electrons. The summed E-state index contributed by atoms with van der Waals surface area (Å²) in [5, 5.41) is 39.5. The third-order valence-corrected chi connectivity index (χ3v) is 4.03. The smallest absolute Gasteiger partial charge is 0.157 e. The Labute approximate surface area is 133 Å². The molecule has 2 aromatic carbocycles. The Balaban J connectivity index is 1.94. The van der Waals surface area contributed by atoms with E-state index in [0.29, 0.717) is 16.9 Å². The third kappa shape index (κ3) is 2.78. The molecule has 1 aliphatic heterocycles. The van der Waals surface area contributed by atoms with Crippen molar-refractivity contribution in [1.82, 2.24) is 0 Å². The number of rotatable bonds is 3. The molecule has 0 saturated heterocycles. The maximum absolute atomic E-state index is 11.0. The number of ether oxygens (including phenoxy) is 2. The molecule has 23 heavy (non-hydrogen) atoms. The molecule has 3 rings (SSSR count). The summed E-state index contributed by atoms with van der Waals surface area (Å²) in [6, 6.07) is 9.01. The quantitative estimate of drug-likeness (QED) is 0.645. The number of hydrogen-bond donors (Lipinski definition) is 4. The van der Waals surface area contributed by atoms with Crippen LogP contribution in [0.1, 0.15) is 17.2 Å². The van der Waals surface area contributed by atoms with Gasteiger partial charge in [0, 0.05) is 25.2 Å². The molecule has 0 spiro atoms. The van der Waals surface area contributed by atoms with Gasteiger partial charge in [0.05, 0.1) is 0 Å². The van der Waals surface area contributed by atoms with Gasteiger partial charge in [0.25, 0.3) is 0 Å². The predicted octanol–water partition coefficient (Wildman–Crippen LogP) is 1.86. The zero-order valence-electron chi connectivity index (χ0n) is 12.6. The van der Waals surface area contributed by atoms with Crippen LogP contribution in [0.15, 0.2) is 36.4 Å². The van der Waals surface area contributed by atoms with E-state index in [0.717, 1.165) is 0 Å². The van der Waals surface area contributed by atoms with Crippen LogP contribution in [-0.2, 0) is 11.2 Å². The fraction of sp³-hybridized carbons (Fsp3) is 0.294. The van der Waals surface area contributed by atoms with Crippen molar-refractivity contribution in [2.75, 3.05) is 13.7 Å². The third-order valence-electron chi connectivity index (χ3n) is 4.03. The van der Waals surface area contributed by atoms with Crippen molar-refractivity contribution in [1.29, 1.82) is 0 Å². The molecule has 1 aliphatic rings. The number of benzene rings is 2. The first-order chi connectivity index (χ1) is 10.9. The van der Waals surface area contributed by atoms with Crippen LogP contribution >= 0.6 is 0 Å². The highest BCUT2D eigenvalue weighted by Crippen LogP contribution is 2.43. The minimum atomic E-state index is -1.35. The lowest BCUT2D eigenvalue weighted by molar-refractivity contribution is -0.129. The van der Waals surface area contributed by atoms with E-state index in [4.69, 9.17) is 9.47 Å². The Kier molecular flexibility index (Phi) is 3.79. The molecule has 0 amide bonds. The molecule has 0 saturated carbocycles. The number of phenols is 3. The van der Waals surface area contributed by atoms with E-state index >= 15 is 0 Å². The molecule has 0 bridgehead atoms. The van der Waals surface area contributed by atoms with E-state index in [1.54, 1.807) is 12.1 Å². The molecule has 2 aromatic rings. The van der Waals surface area contributed by atoms with E-state index < -0.39 is 11.7 Å². The van der Waals surface area contributed by atoms with Crippen LogP contribution in [0.2, 0.25) is 0 Å². The maximum atomic E-state index is 11.0. The Morgan fingerprint density at radius 3 is 2.61 bits per heavy atom. The van der Waals surface area contributed by atoms with E-state index in [2.05, 4.69) is 0 Å². The van der Waals surface area contributed by atoms with Crippen molar-refractivity contribution in [2.24, 2.45) is 0 Å². The van der Waals surface area contributed by atoms with Gasteiger partial charge in [0.2, 0.25) is 0 Å². The minimum absolute atomic E-state index is 0.0242. The van der Waals surface area contributed by atoms with E-state index in [9.17, 15) is 20.4 Å². The molecular formula is C17H18O6. The number of hydrogen-bond acceptors (Lipinski definition) is 6. The van der Waals surface area contributed by atoms with Gasteiger partial charge < -0.3 is 29.9 Å². The van der Waals surface area contributed by atoms with Crippen molar-refractivity contribution >= 4 is 0 Å². The Bertz CT molecular complexity index is 729. The second-order valence-corrected chi connectivity index (χ2v) is 5.73. The van der Waals surface area contributed by atoms with Gasteiger partial charge >= 0.3 is 0 Å². The summed E-state index contributed by atoms with van der Waals surface area (Å²) >= 11 is 0. The topological polar surface area (TPSA) is 99.4 Å². The van der Waals surface area contributed by atoms with Gasteiger partial charge in [-0.3, -0.25) is 0 Å². The second kappa shape index (κ2) is 5.64. The van der Waals surface area contributed by atoms with Crippen molar-refractivity contribution in [3.63, 3.8) is 0 Å². The first-order valence-corrected chi connectivity index (χ1v) is 7.15. The average Bonchev–Trinajstić information content (AvgIpc) is 2.51. The van der Waals surface area contributed by atoms with Crippen molar-refractivity contribution in [3.05, 3.63) is 47.5 Å². The second-order valence-electron chi connectivity index (χ2n) is 5.73. The summed E-state index contributed by atoms with van der Waals surface area (Å²) in [5.74, 6) is 0.0782. The summed E-state index contributed by atoms with van der Waals surface area (Å²) in [4.78, 5) is 0. The van der Waals surface area contributed by atoms with Gasteiger partial charge in [-0.2, -0.15) is 0 Å². The lowest BCUT2D eigenvalue weighted by Crippen LogP contribution is -2.48. The lowest BCUT2D eigenvalue weighted by Gasteiger charge is -2.40. The molecule has 2 atom stereocenters. The summed E-state index contributed by atoms with van der Waals surface area (Å²) in [6.45, 7) is -0.0242. The summed E-state index contributed by atoms with van der Waals surface area (Å²) in [5.41, 5.74) is -0.0694. The Morgan fingerprint density at radius 2 is 1.91 bits per heavy atom. The predicted molar refractivity (Wildman–Crippen MR) is 81.8 cm³/mol. The number of phenolic OH excluding ortho intramolecular Hbond substituents is 3. The maximum Gasteiger partial charge on any atom is 0.157 e. The number of fused-ring (bicyclic) bond motifs is 1. The van der Waals surface area contributed by atoms with Crippen LogP contribution in [0.3, 0.4) is 0 Å². The zero-order chi connectivity index (χ0) is 16.6. The largest absolute Gasteiger partial charge is 0.508 e. The molecule has 4 N–H and O–H groups in total. The molecule has 0 aliphatic carbocycles. The van der Waals surface area contributed by atoms with E-state index in [1.807, 2.05) is 0 Å². The summed E-state index contributed by atoms with van der Waals surface area (Å²) < 4.78 is 11.1. The first kappa shape index (κ1) is 15.5. The summed E-state index contributed by atoms with van der Waals surface area (Å²) in [6.07, 6.45) is -0.484. The van der Waals surface area contributed by atoms with Crippen LogP contribution < -0.4 is 4.74 Å². The molecule has 0 aromatic heterocycles. The standard InChI is InChI=1S/C17H18O6/c1-22-16-12-4-3-11(18)7-15(12)23-9-17(16,21)8-10-2-5-13(19)14(20)6-10/h2-7,16,18-21H,8-9H2,1H3/t16-,17+/m0/s1. The van der Waals surface area contributed by atoms with Crippen LogP contribution in [0.5, 0.6) is 23.0 Å². The van der Waals surface area contributed by atoms with E-state index in [-0.39, 0.29) is 30.3 Å². The normalized spacial score (nSPS) is 23.1. The van der Waals surface area contributed by atoms with Crippen molar-refractivity contribution in [2.45, 2.75) is 18.1 Å². The molecule has 1 heterocycles. The van der Waals surface area contributed by atoms with Gasteiger partial charge in [0.15, 0.2) is 11.5 Å². The van der Waals surface area contributed by atoms with Gasteiger partial charge in [-0.05, 0) is 29.8 Å². The number of methoxy groups -OCH3 is 1. The Morgan fingerprint density at radius 1 is 1.13 bits per heavy atom. The van der Waals surface area contributed by atoms with Crippen molar-refractivity contribution in [3.8, 4) is 23.0 Å². The van der Waals surface area contributed by atoms with Gasteiger partial charge in [-0.25, -0.2) is 0 Å². The van der Waals surface area contributed by atoms with Gasteiger partial charge in [0.1, 0.15) is 29.8 Å². The first-order valence-electron chi connectivity index (χ1n) is 7.15. The van der Waals surface area contributed by atoms with Crippen LogP contribution in [0.25, 0.3) is 0 Å².